The van der Waals surface area contributed by atoms with E-state index in [9.17, 15) is 0 Å². The molecule has 0 aromatic carbocycles. The molecule has 2 nitrogen and oxygen atoms in total. The summed E-state index contributed by atoms with van der Waals surface area (Å²) in [4.78, 5) is 0. The van der Waals surface area contributed by atoms with Crippen molar-refractivity contribution >= 4 is 0 Å². The second kappa shape index (κ2) is 7.24. The van der Waals surface area contributed by atoms with Gasteiger partial charge in [0.25, 0.3) is 0 Å². The Morgan fingerprint density at radius 1 is 1.36 bits per heavy atom. The van der Waals surface area contributed by atoms with E-state index < -0.39 is 0 Å². The normalized spacial score (nSPS) is 21.0. The summed E-state index contributed by atoms with van der Waals surface area (Å²) in [7, 11) is 0. The van der Waals surface area contributed by atoms with Gasteiger partial charge in [-0.15, -0.1) is 0 Å². The maximum absolute atomic E-state index is 5.36. The van der Waals surface area contributed by atoms with E-state index in [4.69, 9.17) is 4.74 Å². The molecule has 0 saturated carbocycles. The van der Waals surface area contributed by atoms with Gasteiger partial charge in [0.05, 0.1) is 0 Å². The lowest BCUT2D eigenvalue weighted by molar-refractivity contribution is 0.0594. The van der Waals surface area contributed by atoms with Crippen molar-refractivity contribution < 1.29 is 4.74 Å². The van der Waals surface area contributed by atoms with Crippen molar-refractivity contribution in [2.45, 2.75) is 39.5 Å². The van der Waals surface area contributed by atoms with E-state index in [1.807, 2.05) is 0 Å². The number of ether oxygens (including phenoxy) is 1. The van der Waals surface area contributed by atoms with E-state index in [1.54, 1.807) is 0 Å². The highest BCUT2D eigenvalue weighted by molar-refractivity contribution is 4.68. The summed E-state index contributed by atoms with van der Waals surface area (Å²) in [5.74, 6) is 1.74. The predicted octanol–water partition coefficient (Wildman–Crippen LogP) is 2.44. The molecule has 1 N–H and O–H groups in total. The third kappa shape index (κ3) is 4.97. The summed E-state index contributed by atoms with van der Waals surface area (Å²) in [6.45, 7) is 8.90. The Kier molecular flexibility index (Phi) is 6.20. The zero-order chi connectivity index (χ0) is 10.2. The van der Waals surface area contributed by atoms with Gasteiger partial charge >= 0.3 is 0 Å². The fraction of sp³-hybridized carbons (Fsp3) is 1.00. The van der Waals surface area contributed by atoms with Crippen LogP contribution in [0.1, 0.15) is 39.5 Å². The highest BCUT2D eigenvalue weighted by atomic mass is 16.5. The first-order valence-corrected chi connectivity index (χ1v) is 6.11. The van der Waals surface area contributed by atoms with Gasteiger partial charge in [-0.25, -0.2) is 0 Å². The van der Waals surface area contributed by atoms with Gasteiger partial charge in [-0.1, -0.05) is 13.8 Å². The maximum atomic E-state index is 5.36. The van der Waals surface area contributed by atoms with Crippen molar-refractivity contribution in [2.24, 2.45) is 11.8 Å². The number of nitrogens with one attached hydrogen (secondary N) is 1. The van der Waals surface area contributed by atoms with Crippen molar-refractivity contribution in [1.29, 1.82) is 0 Å². The van der Waals surface area contributed by atoms with E-state index >= 15 is 0 Å². The van der Waals surface area contributed by atoms with Crippen LogP contribution in [0.4, 0.5) is 0 Å². The van der Waals surface area contributed by atoms with Crippen LogP contribution < -0.4 is 5.32 Å². The quantitative estimate of drug-likeness (QED) is 0.663. The fourth-order valence-corrected chi connectivity index (χ4v) is 2.16. The fourth-order valence-electron chi connectivity index (χ4n) is 2.16. The summed E-state index contributed by atoms with van der Waals surface area (Å²) in [6.07, 6.45) is 5.17. The van der Waals surface area contributed by atoms with Gasteiger partial charge in [-0.2, -0.15) is 0 Å². The molecule has 1 atom stereocenters. The Morgan fingerprint density at radius 3 is 2.71 bits per heavy atom. The molecule has 0 aliphatic carbocycles. The van der Waals surface area contributed by atoms with Gasteiger partial charge in [0.15, 0.2) is 0 Å². The third-order valence-electron chi connectivity index (χ3n) is 3.00. The number of hydrogen-bond acceptors (Lipinski definition) is 2. The third-order valence-corrected chi connectivity index (χ3v) is 3.00. The van der Waals surface area contributed by atoms with Gasteiger partial charge in [0.2, 0.25) is 0 Å². The van der Waals surface area contributed by atoms with E-state index in [0.717, 1.165) is 31.6 Å². The lowest BCUT2D eigenvalue weighted by atomic mass is 9.90. The van der Waals surface area contributed by atoms with Crippen LogP contribution in [-0.4, -0.2) is 26.3 Å². The molecule has 1 aliphatic rings. The molecule has 0 spiro atoms. The molecule has 1 rings (SSSR count). The van der Waals surface area contributed by atoms with E-state index in [1.165, 1.54) is 32.2 Å². The molecule has 1 saturated heterocycles. The van der Waals surface area contributed by atoms with Crippen LogP contribution in [-0.2, 0) is 4.74 Å². The number of rotatable bonds is 6. The molecular formula is C12H25NO. The Balaban J connectivity index is 2.03. The summed E-state index contributed by atoms with van der Waals surface area (Å²) in [6, 6.07) is 0. The standard InChI is InChI=1S/C12H25NO/c1-3-6-13-10-11(2)9-12-4-7-14-8-5-12/h11-13H,3-10H2,1-2H3. The predicted molar refractivity (Wildman–Crippen MR) is 60.5 cm³/mol. The lowest BCUT2D eigenvalue weighted by Crippen LogP contribution is -2.25. The molecule has 0 bridgehead atoms. The van der Waals surface area contributed by atoms with Crippen LogP contribution >= 0.6 is 0 Å². The van der Waals surface area contributed by atoms with E-state index in [-0.39, 0.29) is 0 Å². The second-order valence-electron chi connectivity index (χ2n) is 4.60. The average molecular weight is 199 g/mol. The first-order valence-electron chi connectivity index (χ1n) is 6.11. The minimum absolute atomic E-state index is 0.824. The van der Waals surface area contributed by atoms with Crippen LogP contribution in [0.5, 0.6) is 0 Å². The maximum Gasteiger partial charge on any atom is 0.0468 e. The van der Waals surface area contributed by atoms with Crippen molar-refractivity contribution in [1.82, 2.24) is 5.32 Å². The smallest absolute Gasteiger partial charge is 0.0468 e. The summed E-state index contributed by atoms with van der Waals surface area (Å²) >= 11 is 0. The van der Waals surface area contributed by atoms with Gasteiger partial charge in [0.1, 0.15) is 0 Å². The van der Waals surface area contributed by atoms with Crippen LogP contribution in [0.25, 0.3) is 0 Å². The molecule has 1 fully saturated rings. The first-order chi connectivity index (χ1) is 6.83. The highest BCUT2D eigenvalue weighted by Crippen LogP contribution is 2.22. The molecule has 2 heteroatoms. The van der Waals surface area contributed by atoms with Crippen LogP contribution in [0.15, 0.2) is 0 Å². The Morgan fingerprint density at radius 2 is 2.07 bits per heavy atom. The molecule has 0 amide bonds. The molecule has 0 radical (unpaired) electrons. The number of hydrogen-bond donors (Lipinski definition) is 1. The molecule has 1 unspecified atom stereocenters. The van der Waals surface area contributed by atoms with Gasteiger partial charge < -0.3 is 10.1 Å². The lowest BCUT2D eigenvalue weighted by Gasteiger charge is -2.25. The van der Waals surface area contributed by atoms with Crippen molar-refractivity contribution in [3.05, 3.63) is 0 Å². The van der Waals surface area contributed by atoms with Gasteiger partial charge in [-0.05, 0) is 50.6 Å². The molecule has 0 aromatic rings. The minimum Gasteiger partial charge on any atom is -0.381 e. The summed E-state index contributed by atoms with van der Waals surface area (Å²) < 4.78 is 5.36. The molecule has 0 aromatic heterocycles. The van der Waals surface area contributed by atoms with E-state index in [0.29, 0.717) is 0 Å². The highest BCUT2D eigenvalue weighted by Gasteiger charge is 2.16. The van der Waals surface area contributed by atoms with Gasteiger partial charge in [-0.3, -0.25) is 0 Å². The van der Waals surface area contributed by atoms with Crippen molar-refractivity contribution in [2.75, 3.05) is 26.3 Å². The van der Waals surface area contributed by atoms with Gasteiger partial charge in [0, 0.05) is 13.2 Å². The molecule has 84 valence electrons. The Hall–Kier alpha value is -0.0800. The Labute approximate surface area is 88.4 Å². The molecule has 14 heavy (non-hydrogen) atoms. The largest absolute Gasteiger partial charge is 0.381 e. The zero-order valence-corrected chi connectivity index (χ0v) is 9.72. The topological polar surface area (TPSA) is 21.3 Å². The van der Waals surface area contributed by atoms with Crippen LogP contribution in [0.3, 0.4) is 0 Å². The van der Waals surface area contributed by atoms with Crippen molar-refractivity contribution in [3.8, 4) is 0 Å². The molecule has 1 aliphatic heterocycles. The van der Waals surface area contributed by atoms with E-state index in [2.05, 4.69) is 19.2 Å². The second-order valence-corrected chi connectivity index (χ2v) is 4.60. The average Bonchev–Trinajstić information content (AvgIpc) is 2.20. The van der Waals surface area contributed by atoms with Crippen molar-refractivity contribution in [3.63, 3.8) is 0 Å². The Bertz CT molecular complexity index is 132. The van der Waals surface area contributed by atoms with Crippen LogP contribution in [0, 0.1) is 11.8 Å². The SMILES string of the molecule is CCCNCC(C)CC1CCOCC1. The minimum atomic E-state index is 0.824. The molecule has 1 heterocycles. The first kappa shape index (κ1) is 12.0. The summed E-state index contributed by atoms with van der Waals surface area (Å²) in [5.41, 5.74) is 0. The van der Waals surface area contributed by atoms with Crippen LogP contribution in [0.2, 0.25) is 0 Å². The molecular weight excluding hydrogens is 174 g/mol. The zero-order valence-electron chi connectivity index (χ0n) is 9.72. The monoisotopic (exact) mass is 199 g/mol. The summed E-state index contributed by atoms with van der Waals surface area (Å²) in [5, 5.41) is 3.49.